The lowest BCUT2D eigenvalue weighted by Gasteiger charge is -2.30. The fourth-order valence-electron chi connectivity index (χ4n) is 2.46. The van der Waals surface area contributed by atoms with E-state index in [4.69, 9.17) is 9.47 Å². The Morgan fingerprint density at radius 1 is 1.32 bits per heavy atom. The van der Waals surface area contributed by atoms with Crippen LogP contribution in [0.1, 0.15) is 23.7 Å². The Balaban J connectivity index is 0.00000242. The lowest BCUT2D eigenvalue weighted by molar-refractivity contribution is 0.0910. The Kier molecular flexibility index (Phi) is 6.90. The number of hydrogen-bond acceptors (Lipinski definition) is 4. The van der Waals surface area contributed by atoms with Crippen LogP contribution in [0.4, 0.5) is 4.39 Å². The van der Waals surface area contributed by atoms with Gasteiger partial charge in [-0.15, -0.1) is 12.4 Å². The normalized spacial score (nSPS) is 20.7. The average Bonchev–Trinajstić information content (AvgIpc) is 2.49. The van der Waals surface area contributed by atoms with Gasteiger partial charge in [0, 0.05) is 18.7 Å². The summed E-state index contributed by atoms with van der Waals surface area (Å²) >= 11 is 0. The maximum Gasteiger partial charge on any atom is 0.254 e. The summed E-state index contributed by atoms with van der Waals surface area (Å²) in [4.78, 5) is 12.3. The van der Waals surface area contributed by atoms with Gasteiger partial charge in [0.1, 0.15) is 5.82 Å². The molecular weight excluding hydrogens is 311 g/mol. The lowest BCUT2D eigenvalue weighted by Crippen LogP contribution is -2.50. The molecule has 22 heavy (non-hydrogen) atoms. The SMILES string of the molecule is COc1cc(F)c(C(=O)NC2CNCCC2C)cc1OC.Cl. The van der Waals surface area contributed by atoms with Crippen LogP contribution in [0.2, 0.25) is 0 Å². The number of hydrogen-bond donors (Lipinski definition) is 2. The number of benzene rings is 1. The van der Waals surface area contributed by atoms with Crippen molar-refractivity contribution in [2.24, 2.45) is 5.92 Å². The van der Waals surface area contributed by atoms with Crippen molar-refractivity contribution in [3.8, 4) is 11.5 Å². The van der Waals surface area contributed by atoms with Crippen LogP contribution in [0.15, 0.2) is 12.1 Å². The van der Waals surface area contributed by atoms with E-state index in [-0.39, 0.29) is 29.8 Å². The number of halogens is 2. The molecule has 0 spiro atoms. The van der Waals surface area contributed by atoms with Crippen molar-refractivity contribution >= 4 is 18.3 Å². The number of amides is 1. The van der Waals surface area contributed by atoms with Gasteiger partial charge in [-0.1, -0.05) is 6.92 Å². The minimum absolute atomic E-state index is 0. The van der Waals surface area contributed by atoms with Gasteiger partial charge in [0.2, 0.25) is 0 Å². The van der Waals surface area contributed by atoms with E-state index < -0.39 is 11.7 Å². The Morgan fingerprint density at radius 3 is 2.55 bits per heavy atom. The highest BCUT2D eigenvalue weighted by molar-refractivity contribution is 5.95. The van der Waals surface area contributed by atoms with Crippen LogP contribution in [0.3, 0.4) is 0 Å². The molecule has 2 N–H and O–H groups in total. The second-order valence-corrected chi connectivity index (χ2v) is 5.24. The van der Waals surface area contributed by atoms with Crippen LogP contribution < -0.4 is 20.1 Å². The lowest BCUT2D eigenvalue weighted by atomic mass is 9.94. The molecule has 1 aromatic rings. The monoisotopic (exact) mass is 332 g/mol. The quantitative estimate of drug-likeness (QED) is 0.885. The van der Waals surface area contributed by atoms with Crippen molar-refractivity contribution < 1.29 is 18.7 Å². The number of nitrogens with one attached hydrogen (secondary N) is 2. The fourth-order valence-corrected chi connectivity index (χ4v) is 2.46. The molecule has 1 aliphatic rings. The molecule has 0 saturated carbocycles. The van der Waals surface area contributed by atoms with Crippen LogP contribution in [0.25, 0.3) is 0 Å². The molecule has 0 aromatic heterocycles. The highest BCUT2D eigenvalue weighted by Crippen LogP contribution is 2.30. The van der Waals surface area contributed by atoms with Crippen molar-refractivity contribution in [2.45, 2.75) is 19.4 Å². The van der Waals surface area contributed by atoms with E-state index in [2.05, 4.69) is 17.6 Å². The molecule has 2 atom stereocenters. The van der Waals surface area contributed by atoms with E-state index >= 15 is 0 Å². The first-order valence-corrected chi connectivity index (χ1v) is 7.00. The Bertz CT molecular complexity index is 528. The van der Waals surface area contributed by atoms with E-state index in [1.54, 1.807) is 0 Å². The Labute approximate surface area is 136 Å². The van der Waals surface area contributed by atoms with Gasteiger partial charge in [-0.25, -0.2) is 4.39 Å². The molecule has 1 aromatic carbocycles. The maximum absolute atomic E-state index is 14.0. The molecule has 1 amide bonds. The number of carbonyl (C=O) groups excluding carboxylic acids is 1. The number of ether oxygens (including phenoxy) is 2. The molecule has 0 radical (unpaired) electrons. The van der Waals surface area contributed by atoms with Gasteiger partial charge in [-0.2, -0.15) is 0 Å². The zero-order valence-corrected chi connectivity index (χ0v) is 13.8. The summed E-state index contributed by atoms with van der Waals surface area (Å²) in [5.41, 5.74) is -0.0366. The smallest absolute Gasteiger partial charge is 0.254 e. The predicted molar refractivity (Wildman–Crippen MR) is 84.7 cm³/mol. The van der Waals surface area contributed by atoms with E-state index in [9.17, 15) is 9.18 Å². The van der Waals surface area contributed by atoms with Gasteiger partial charge < -0.3 is 20.1 Å². The minimum Gasteiger partial charge on any atom is -0.493 e. The van der Waals surface area contributed by atoms with Crippen LogP contribution in [0, 0.1) is 11.7 Å². The van der Waals surface area contributed by atoms with Gasteiger partial charge in [0.25, 0.3) is 5.91 Å². The van der Waals surface area contributed by atoms with Gasteiger partial charge >= 0.3 is 0 Å². The maximum atomic E-state index is 14.0. The molecule has 5 nitrogen and oxygen atoms in total. The van der Waals surface area contributed by atoms with Crippen LogP contribution in [-0.4, -0.2) is 39.3 Å². The van der Waals surface area contributed by atoms with Gasteiger partial charge in [-0.05, 0) is 24.9 Å². The number of methoxy groups -OCH3 is 2. The molecule has 1 fully saturated rings. The summed E-state index contributed by atoms with van der Waals surface area (Å²) < 4.78 is 24.2. The highest BCUT2D eigenvalue weighted by Gasteiger charge is 2.25. The summed E-state index contributed by atoms with van der Waals surface area (Å²) in [5, 5.41) is 6.10. The van der Waals surface area contributed by atoms with Crippen molar-refractivity contribution in [2.75, 3.05) is 27.3 Å². The summed E-state index contributed by atoms with van der Waals surface area (Å²) in [5.74, 6) is -0.105. The predicted octanol–water partition coefficient (Wildman–Crippen LogP) is 1.99. The first-order valence-electron chi connectivity index (χ1n) is 7.00. The Morgan fingerprint density at radius 2 is 1.95 bits per heavy atom. The molecule has 2 unspecified atom stereocenters. The van der Waals surface area contributed by atoms with Gasteiger partial charge in [0.15, 0.2) is 11.5 Å². The summed E-state index contributed by atoms with van der Waals surface area (Å²) in [7, 11) is 2.87. The highest BCUT2D eigenvalue weighted by atomic mass is 35.5. The van der Waals surface area contributed by atoms with Gasteiger partial charge in [-0.3, -0.25) is 4.79 Å². The van der Waals surface area contributed by atoms with E-state index in [1.807, 2.05) is 0 Å². The molecule has 0 aliphatic carbocycles. The molecule has 1 saturated heterocycles. The number of carbonyl (C=O) groups is 1. The molecule has 124 valence electrons. The third-order valence-electron chi connectivity index (χ3n) is 3.86. The molecule has 1 heterocycles. The minimum atomic E-state index is -0.624. The van der Waals surface area contributed by atoms with Crippen LogP contribution in [-0.2, 0) is 0 Å². The second-order valence-electron chi connectivity index (χ2n) is 5.24. The van der Waals surface area contributed by atoms with Crippen molar-refractivity contribution in [1.29, 1.82) is 0 Å². The average molecular weight is 333 g/mol. The van der Waals surface area contributed by atoms with E-state index in [0.29, 0.717) is 18.2 Å². The standard InChI is InChI=1S/C15H21FN2O3.ClH/c1-9-4-5-17-8-12(9)18-15(19)10-6-13(20-2)14(21-3)7-11(10)16;/h6-7,9,12,17H,4-5,8H2,1-3H3,(H,18,19);1H. The third kappa shape index (κ3) is 4.01. The topological polar surface area (TPSA) is 59.6 Å². The Hall–Kier alpha value is -1.53. The molecule has 1 aliphatic heterocycles. The first kappa shape index (κ1) is 18.5. The number of rotatable bonds is 4. The van der Waals surface area contributed by atoms with E-state index in [0.717, 1.165) is 19.0 Å². The van der Waals surface area contributed by atoms with E-state index in [1.165, 1.54) is 20.3 Å². The van der Waals surface area contributed by atoms with Crippen LogP contribution in [0.5, 0.6) is 11.5 Å². The largest absolute Gasteiger partial charge is 0.493 e. The second kappa shape index (κ2) is 8.19. The molecular formula is C15H22ClFN2O3. The molecule has 2 rings (SSSR count). The zero-order chi connectivity index (χ0) is 15.4. The number of piperidine rings is 1. The fraction of sp³-hybridized carbons (Fsp3) is 0.533. The molecule has 7 heteroatoms. The zero-order valence-electron chi connectivity index (χ0n) is 12.9. The van der Waals surface area contributed by atoms with Crippen molar-refractivity contribution in [1.82, 2.24) is 10.6 Å². The van der Waals surface area contributed by atoms with Gasteiger partial charge in [0.05, 0.1) is 19.8 Å². The van der Waals surface area contributed by atoms with Crippen molar-refractivity contribution in [3.63, 3.8) is 0 Å². The van der Waals surface area contributed by atoms with Crippen molar-refractivity contribution in [3.05, 3.63) is 23.5 Å². The molecule has 0 bridgehead atoms. The third-order valence-corrected chi connectivity index (χ3v) is 3.86. The summed E-state index contributed by atoms with van der Waals surface area (Å²) in [6, 6.07) is 2.53. The first-order chi connectivity index (χ1) is 10.1. The summed E-state index contributed by atoms with van der Waals surface area (Å²) in [6.07, 6.45) is 0.985. The summed E-state index contributed by atoms with van der Waals surface area (Å²) in [6.45, 7) is 3.72. The van der Waals surface area contributed by atoms with Crippen LogP contribution >= 0.6 is 12.4 Å².